The maximum Gasteiger partial charge on any atom is 0.127 e. The summed E-state index contributed by atoms with van der Waals surface area (Å²) >= 11 is 0. The van der Waals surface area contributed by atoms with E-state index >= 15 is 0 Å². The van der Waals surface area contributed by atoms with Crippen LogP contribution in [0.4, 0.5) is 0 Å². The first-order valence-electron chi connectivity index (χ1n) is 7.57. The van der Waals surface area contributed by atoms with Crippen LogP contribution in [-0.4, -0.2) is 6.61 Å². The summed E-state index contributed by atoms with van der Waals surface area (Å²) in [6.07, 6.45) is 6.62. The number of rotatable bonds is 3. The first-order chi connectivity index (χ1) is 9.36. The van der Waals surface area contributed by atoms with Crippen molar-refractivity contribution in [3.8, 4) is 5.75 Å². The Morgan fingerprint density at radius 3 is 2.95 bits per heavy atom. The first kappa shape index (κ1) is 11.7. The number of fused-ring (bicyclic) bond motifs is 3. The molecule has 3 heteroatoms. The highest BCUT2D eigenvalue weighted by molar-refractivity contribution is 5.46. The van der Waals surface area contributed by atoms with Crippen LogP contribution in [0.15, 0.2) is 18.2 Å². The zero-order valence-electron chi connectivity index (χ0n) is 11.3. The molecule has 0 amide bonds. The van der Waals surface area contributed by atoms with E-state index in [-0.39, 0.29) is 6.04 Å². The maximum absolute atomic E-state index is 5.90. The molecule has 2 saturated carbocycles. The third-order valence-corrected chi connectivity index (χ3v) is 5.48. The third kappa shape index (κ3) is 1.79. The van der Waals surface area contributed by atoms with E-state index in [1.165, 1.54) is 36.8 Å². The molecule has 4 unspecified atom stereocenters. The molecule has 4 rings (SSSR count). The van der Waals surface area contributed by atoms with Gasteiger partial charge in [0.25, 0.3) is 0 Å². The lowest BCUT2D eigenvalue weighted by Crippen LogP contribution is -2.36. The summed E-state index contributed by atoms with van der Waals surface area (Å²) in [7, 11) is 0. The summed E-state index contributed by atoms with van der Waals surface area (Å²) in [6.45, 7) is 0.820. The van der Waals surface area contributed by atoms with Gasteiger partial charge in [-0.15, -0.1) is 0 Å². The second-order valence-corrected chi connectivity index (χ2v) is 6.42. The average Bonchev–Trinajstić information content (AvgIpc) is 3.15. The van der Waals surface area contributed by atoms with Crippen LogP contribution in [-0.2, 0) is 6.42 Å². The van der Waals surface area contributed by atoms with Gasteiger partial charge in [0.05, 0.1) is 12.6 Å². The smallest absolute Gasteiger partial charge is 0.127 e. The second kappa shape index (κ2) is 4.50. The first-order valence-corrected chi connectivity index (χ1v) is 7.57. The van der Waals surface area contributed by atoms with E-state index in [2.05, 4.69) is 23.6 Å². The molecule has 2 aliphatic carbocycles. The van der Waals surface area contributed by atoms with Crippen LogP contribution in [0.25, 0.3) is 0 Å². The molecule has 1 aromatic carbocycles. The number of nitrogens with two attached hydrogens (primary N) is 1. The molecular formula is C16H22N2O. The normalized spacial score (nSPS) is 33.2. The van der Waals surface area contributed by atoms with Gasteiger partial charge in [-0.3, -0.25) is 11.3 Å². The predicted molar refractivity (Wildman–Crippen MR) is 74.6 cm³/mol. The molecule has 0 spiro atoms. The van der Waals surface area contributed by atoms with Crippen LogP contribution in [0.5, 0.6) is 5.75 Å². The highest BCUT2D eigenvalue weighted by atomic mass is 16.5. The highest BCUT2D eigenvalue weighted by Crippen LogP contribution is 2.53. The largest absolute Gasteiger partial charge is 0.493 e. The zero-order valence-corrected chi connectivity index (χ0v) is 11.3. The number of benzene rings is 1. The fraction of sp³-hybridized carbons (Fsp3) is 0.625. The minimum Gasteiger partial charge on any atom is -0.493 e. The molecule has 19 heavy (non-hydrogen) atoms. The molecule has 3 aliphatic rings. The summed E-state index contributed by atoms with van der Waals surface area (Å²) < 4.78 is 5.86. The lowest BCUT2D eigenvalue weighted by Gasteiger charge is -2.31. The molecular weight excluding hydrogens is 236 g/mol. The fourth-order valence-electron chi connectivity index (χ4n) is 4.63. The summed E-state index contributed by atoms with van der Waals surface area (Å²) in [6, 6.07) is 6.80. The Hall–Kier alpha value is -1.06. The Labute approximate surface area is 114 Å². The summed E-state index contributed by atoms with van der Waals surface area (Å²) in [4.78, 5) is 0. The summed E-state index contributed by atoms with van der Waals surface area (Å²) in [5, 5.41) is 0. The van der Waals surface area contributed by atoms with Crippen molar-refractivity contribution < 1.29 is 4.74 Å². The van der Waals surface area contributed by atoms with Gasteiger partial charge in [-0.1, -0.05) is 24.6 Å². The highest BCUT2D eigenvalue weighted by Gasteiger charge is 2.44. The Balaban J connectivity index is 1.68. The van der Waals surface area contributed by atoms with Crippen LogP contribution >= 0.6 is 0 Å². The van der Waals surface area contributed by atoms with Crippen molar-refractivity contribution in [1.29, 1.82) is 0 Å². The van der Waals surface area contributed by atoms with Crippen molar-refractivity contribution in [3.63, 3.8) is 0 Å². The molecule has 3 nitrogen and oxygen atoms in total. The van der Waals surface area contributed by atoms with E-state index in [1.54, 1.807) is 0 Å². The van der Waals surface area contributed by atoms with Gasteiger partial charge in [-0.2, -0.15) is 0 Å². The molecule has 0 radical (unpaired) electrons. The predicted octanol–water partition coefficient (Wildman–Crippen LogP) is 2.56. The Morgan fingerprint density at radius 2 is 2.21 bits per heavy atom. The van der Waals surface area contributed by atoms with E-state index in [9.17, 15) is 0 Å². The number of ether oxygens (including phenoxy) is 1. The van der Waals surface area contributed by atoms with E-state index < -0.39 is 0 Å². The fourth-order valence-corrected chi connectivity index (χ4v) is 4.63. The van der Waals surface area contributed by atoms with Crippen LogP contribution in [0.3, 0.4) is 0 Å². The van der Waals surface area contributed by atoms with Crippen LogP contribution in [0.2, 0.25) is 0 Å². The van der Waals surface area contributed by atoms with Gasteiger partial charge < -0.3 is 4.74 Å². The van der Waals surface area contributed by atoms with Gasteiger partial charge in [-0.25, -0.2) is 0 Å². The van der Waals surface area contributed by atoms with Crippen molar-refractivity contribution in [1.82, 2.24) is 5.43 Å². The summed E-state index contributed by atoms with van der Waals surface area (Å²) in [5.41, 5.74) is 5.73. The zero-order chi connectivity index (χ0) is 12.8. The molecule has 4 atom stereocenters. The van der Waals surface area contributed by atoms with E-state index in [0.717, 1.165) is 30.6 Å². The molecule has 102 valence electrons. The van der Waals surface area contributed by atoms with E-state index in [4.69, 9.17) is 10.6 Å². The number of hydrazine groups is 1. The second-order valence-electron chi connectivity index (χ2n) is 6.42. The molecule has 0 aromatic heterocycles. The van der Waals surface area contributed by atoms with Crippen LogP contribution in [0.1, 0.15) is 42.9 Å². The molecule has 0 saturated heterocycles. The Kier molecular flexibility index (Phi) is 2.78. The monoisotopic (exact) mass is 258 g/mol. The standard InChI is InChI=1S/C16H22N2O/c17-18-15(14-9-10-4-5-12(14)8-10)13-3-1-2-11-6-7-19-16(11)13/h1-3,10,12,14-15,18H,4-9,17H2. The number of nitrogens with one attached hydrogen (secondary N) is 1. The van der Waals surface area contributed by atoms with Gasteiger partial charge in [0.1, 0.15) is 5.75 Å². The third-order valence-electron chi connectivity index (χ3n) is 5.48. The van der Waals surface area contributed by atoms with Gasteiger partial charge >= 0.3 is 0 Å². The molecule has 1 aliphatic heterocycles. The Bertz CT molecular complexity index is 488. The molecule has 2 fully saturated rings. The van der Waals surface area contributed by atoms with E-state index in [1.807, 2.05) is 0 Å². The van der Waals surface area contributed by atoms with Crippen molar-refractivity contribution in [2.75, 3.05) is 6.61 Å². The average molecular weight is 258 g/mol. The quantitative estimate of drug-likeness (QED) is 0.647. The molecule has 3 N–H and O–H groups in total. The maximum atomic E-state index is 5.90. The number of para-hydroxylation sites is 1. The minimum absolute atomic E-state index is 0.267. The van der Waals surface area contributed by atoms with E-state index in [0.29, 0.717) is 5.92 Å². The summed E-state index contributed by atoms with van der Waals surface area (Å²) in [5.74, 6) is 9.52. The topological polar surface area (TPSA) is 47.3 Å². The van der Waals surface area contributed by atoms with Crippen molar-refractivity contribution in [2.45, 2.75) is 38.1 Å². The SMILES string of the molecule is NNC(c1cccc2c1OCC2)C1CC2CCC1C2. The Morgan fingerprint density at radius 1 is 1.26 bits per heavy atom. The van der Waals surface area contributed by atoms with Crippen molar-refractivity contribution in [2.24, 2.45) is 23.6 Å². The molecule has 2 bridgehead atoms. The van der Waals surface area contributed by atoms with Crippen molar-refractivity contribution in [3.05, 3.63) is 29.3 Å². The number of hydrogen-bond acceptors (Lipinski definition) is 3. The lowest BCUT2D eigenvalue weighted by atomic mass is 9.80. The van der Waals surface area contributed by atoms with Crippen LogP contribution < -0.4 is 16.0 Å². The van der Waals surface area contributed by atoms with Gasteiger partial charge in [0, 0.05) is 12.0 Å². The van der Waals surface area contributed by atoms with Crippen molar-refractivity contribution >= 4 is 0 Å². The van der Waals surface area contributed by atoms with Gasteiger partial charge in [0.2, 0.25) is 0 Å². The molecule has 1 heterocycles. The lowest BCUT2D eigenvalue weighted by molar-refractivity contribution is 0.246. The number of hydrogen-bond donors (Lipinski definition) is 2. The van der Waals surface area contributed by atoms with Crippen LogP contribution in [0, 0.1) is 17.8 Å². The molecule has 1 aromatic rings. The van der Waals surface area contributed by atoms with Gasteiger partial charge in [-0.05, 0) is 42.6 Å². The minimum atomic E-state index is 0.267. The van der Waals surface area contributed by atoms with Gasteiger partial charge in [0.15, 0.2) is 0 Å².